The first-order valence-electron chi connectivity index (χ1n) is 7.70. The average Bonchev–Trinajstić information content (AvgIpc) is 3.15. The Labute approximate surface area is 126 Å². The summed E-state index contributed by atoms with van der Waals surface area (Å²) >= 11 is 0. The Balaban J connectivity index is 2.08. The van der Waals surface area contributed by atoms with Gasteiger partial charge in [0.1, 0.15) is 5.82 Å². The predicted octanol–water partition coefficient (Wildman–Crippen LogP) is 3.05. The van der Waals surface area contributed by atoms with Gasteiger partial charge in [-0.05, 0) is 31.9 Å². The molecule has 0 radical (unpaired) electrons. The highest BCUT2D eigenvalue weighted by atomic mass is 16.3. The molecule has 1 aliphatic rings. The van der Waals surface area contributed by atoms with Crippen molar-refractivity contribution in [1.82, 2.24) is 9.78 Å². The van der Waals surface area contributed by atoms with Gasteiger partial charge in [-0.1, -0.05) is 31.0 Å². The zero-order chi connectivity index (χ0) is 14.8. The summed E-state index contributed by atoms with van der Waals surface area (Å²) in [5.74, 6) is 1.04. The van der Waals surface area contributed by atoms with Gasteiger partial charge in [-0.15, -0.1) is 0 Å². The standard InChI is InChI=1S/C17H23N3O/c1-13-16(12-21)17(19(2)14-8-6-7-9-14)20(18-13)15-10-4-3-5-11-15/h3-5,10-11,14,21H,6-9,12H2,1-2H3. The Hall–Kier alpha value is -1.81. The minimum absolute atomic E-state index is 0.0328. The van der Waals surface area contributed by atoms with Crippen molar-refractivity contribution in [2.24, 2.45) is 0 Å². The maximum atomic E-state index is 9.77. The number of aryl methyl sites for hydroxylation is 1. The van der Waals surface area contributed by atoms with Crippen molar-refractivity contribution in [2.75, 3.05) is 11.9 Å². The van der Waals surface area contributed by atoms with Crippen LogP contribution >= 0.6 is 0 Å². The highest BCUT2D eigenvalue weighted by Gasteiger charge is 2.26. The van der Waals surface area contributed by atoms with Crippen LogP contribution in [0.25, 0.3) is 5.69 Å². The van der Waals surface area contributed by atoms with E-state index in [2.05, 4.69) is 29.2 Å². The first kappa shape index (κ1) is 14.1. The number of benzene rings is 1. The van der Waals surface area contributed by atoms with Crippen molar-refractivity contribution in [2.45, 2.75) is 45.3 Å². The molecular weight excluding hydrogens is 262 g/mol. The van der Waals surface area contributed by atoms with E-state index in [0.29, 0.717) is 6.04 Å². The van der Waals surface area contributed by atoms with Gasteiger partial charge in [0.05, 0.1) is 18.0 Å². The SMILES string of the molecule is Cc1nn(-c2ccccc2)c(N(C)C2CCCC2)c1CO. The molecule has 0 spiro atoms. The smallest absolute Gasteiger partial charge is 0.138 e. The Morgan fingerprint density at radius 2 is 1.90 bits per heavy atom. The summed E-state index contributed by atoms with van der Waals surface area (Å²) in [4.78, 5) is 2.31. The molecule has 1 aliphatic carbocycles. The van der Waals surface area contributed by atoms with Gasteiger partial charge in [0, 0.05) is 18.7 Å². The van der Waals surface area contributed by atoms with Crippen LogP contribution in [-0.2, 0) is 6.61 Å². The first-order chi connectivity index (χ1) is 10.2. The van der Waals surface area contributed by atoms with Crippen molar-refractivity contribution in [3.8, 4) is 5.69 Å². The fraction of sp³-hybridized carbons (Fsp3) is 0.471. The molecule has 1 aromatic heterocycles. The van der Waals surface area contributed by atoms with E-state index < -0.39 is 0 Å². The van der Waals surface area contributed by atoms with E-state index in [9.17, 15) is 5.11 Å². The molecule has 0 atom stereocenters. The molecule has 0 unspecified atom stereocenters. The molecule has 0 amide bonds. The van der Waals surface area contributed by atoms with Gasteiger partial charge in [-0.3, -0.25) is 0 Å². The summed E-state index contributed by atoms with van der Waals surface area (Å²) in [5, 5.41) is 14.4. The molecule has 1 N–H and O–H groups in total. The lowest BCUT2D eigenvalue weighted by atomic mass is 10.2. The normalized spacial score (nSPS) is 15.6. The van der Waals surface area contributed by atoms with Gasteiger partial charge in [-0.2, -0.15) is 5.10 Å². The first-order valence-corrected chi connectivity index (χ1v) is 7.70. The van der Waals surface area contributed by atoms with Crippen molar-refractivity contribution < 1.29 is 5.11 Å². The molecule has 4 heteroatoms. The highest BCUT2D eigenvalue weighted by molar-refractivity contribution is 5.55. The van der Waals surface area contributed by atoms with Crippen LogP contribution in [0.3, 0.4) is 0 Å². The van der Waals surface area contributed by atoms with Crippen LogP contribution in [0.5, 0.6) is 0 Å². The Morgan fingerprint density at radius 1 is 1.24 bits per heavy atom. The van der Waals surface area contributed by atoms with Crippen LogP contribution in [0, 0.1) is 6.92 Å². The fourth-order valence-electron chi connectivity index (χ4n) is 3.31. The molecule has 112 valence electrons. The average molecular weight is 285 g/mol. The van der Waals surface area contributed by atoms with Crippen molar-refractivity contribution in [1.29, 1.82) is 0 Å². The van der Waals surface area contributed by atoms with E-state index in [1.54, 1.807) is 0 Å². The van der Waals surface area contributed by atoms with E-state index >= 15 is 0 Å². The summed E-state index contributed by atoms with van der Waals surface area (Å²) in [6.45, 7) is 2.00. The third-order valence-corrected chi connectivity index (χ3v) is 4.52. The molecule has 4 nitrogen and oxygen atoms in total. The molecule has 0 bridgehead atoms. The van der Waals surface area contributed by atoms with Crippen molar-refractivity contribution >= 4 is 5.82 Å². The molecule has 1 aromatic carbocycles. The number of rotatable bonds is 4. The van der Waals surface area contributed by atoms with Crippen LogP contribution in [0.2, 0.25) is 0 Å². The summed E-state index contributed by atoms with van der Waals surface area (Å²) in [6.07, 6.45) is 5.03. The predicted molar refractivity (Wildman–Crippen MR) is 84.9 cm³/mol. The molecule has 0 aliphatic heterocycles. The summed E-state index contributed by atoms with van der Waals surface area (Å²) in [5.41, 5.74) is 2.88. The number of aliphatic hydroxyl groups is 1. The Bertz CT molecular complexity index is 600. The summed E-state index contributed by atoms with van der Waals surface area (Å²) < 4.78 is 1.97. The second kappa shape index (κ2) is 5.90. The quantitative estimate of drug-likeness (QED) is 0.938. The third-order valence-electron chi connectivity index (χ3n) is 4.52. The van der Waals surface area contributed by atoms with E-state index in [1.165, 1.54) is 25.7 Å². The lowest BCUT2D eigenvalue weighted by Crippen LogP contribution is -2.31. The van der Waals surface area contributed by atoms with Crippen molar-refractivity contribution in [3.05, 3.63) is 41.6 Å². The second-order valence-electron chi connectivity index (χ2n) is 5.84. The minimum Gasteiger partial charge on any atom is -0.391 e. The van der Waals surface area contributed by atoms with Gasteiger partial charge in [-0.25, -0.2) is 4.68 Å². The largest absolute Gasteiger partial charge is 0.391 e. The van der Waals surface area contributed by atoms with Crippen LogP contribution in [0.1, 0.15) is 36.9 Å². The fourth-order valence-corrected chi connectivity index (χ4v) is 3.31. The number of aliphatic hydroxyl groups excluding tert-OH is 1. The van der Waals surface area contributed by atoms with Crippen LogP contribution in [0.15, 0.2) is 30.3 Å². The van der Waals surface area contributed by atoms with E-state index in [1.807, 2.05) is 29.8 Å². The molecule has 21 heavy (non-hydrogen) atoms. The molecule has 2 aromatic rings. The van der Waals surface area contributed by atoms with Gasteiger partial charge in [0.2, 0.25) is 0 Å². The lowest BCUT2D eigenvalue weighted by molar-refractivity contribution is 0.281. The van der Waals surface area contributed by atoms with Gasteiger partial charge < -0.3 is 10.0 Å². The number of nitrogens with zero attached hydrogens (tertiary/aromatic N) is 3. The minimum atomic E-state index is 0.0328. The van der Waals surface area contributed by atoms with Crippen LogP contribution in [0.4, 0.5) is 5.82 Å². The van der Waals surface area contributed by atoms with E-state index in [-0.39, 0.29) is 6.61 Å². The maximum absolute atomic E-state index is 9.77. The van der Waals surface area contributed by atoms with Gasteiger partial charge in [0.15, 0.2) is 0 Å². The molecule has 0 saturated heterocycles. The highest BCUT2D eigenvalue weighted by Crippen LogP contribution is 2.32. The number of hydrogen-bond acceptors (Lipinski definition) is 3. The third kappa shape index (κ3) is 2.56. The number of hydrogen-bond donors (Lipinski definition) is 1. The molecular formula is C17H23N3O. The second-order valence-corrected chi connectivity index (χ2v) is 5.84. The van der Waals surface area contributed by atoms with Crippen LogP contribution in [-0.4, -0.2) is 28.0 Å². The van der Waals surface area contributed by atoms with Gasteiger partial charge in [0.25, 0.3) is 0 Å². The lowest BCUT2D eigenvalue weighted by Gasteiger charge is -2.28. The monoisotopic (exact) mass is 285 g/mol. The molecule has 1 saturated carbocycles. The number of anilines is 1. The topological polar surface area (TPSA) is 41.3 Å². The molecule has 1 heterocycles. The zero-order valence-electron chi connectivity index (χ0n) is 12.8. The van der Waals surface area contributed by atoms with E-state index in [0.717, 1.165) is 22.8 Å². The number of aromatic nitrogens is 2. The maximum Gasteiger partial charge on any atom is 0.138 e. The Kier molecular flexibility index (Phi) is 3.97. The van der Waals surface area contributed by atoms with E-state index in [4.69, 9.17) is 0 Å². The number of para-hydroxylation sites is 1. The van der Waals surface area contributed by atoms with Gasteiger partial charge >= 0.3 is 0 Å². The summed E-state index contributed by atoms with van der Waals surface area (Å²) in [6, 6.07) is 10.7. The zero-order valence-corrected chi connectivity index (χ0v) is 12.8. The van der Waals surface area contributed by atoms with Crippen LogP contribution < -0.4 is 4.90 Å². The summed E-state index contributed by atoms with van der Waals surface area (Å²) in [7, 11) is 2.13. The molecule has 3 rings (SSSR count). The Morgan fingerprint density at radius 3 is 2.52 bits per heavy atom. The molecule has 1 fully saturated rings. The van der Waals surface area contributed by atoms with Crippen molar-refractivity contribution in [3.63, 3.8) is 0 Å².